The molecule has 52 heavy (non-hydrogen) atoms. The predicted molar refractivity (Wildman–Crippen MR) is 219 cm³/mol. The maximum absolute atomic E-state index is 12.7. The Morgan fingerprint density at radius 3 is 1.12 bits per heavy atom. The number of ether oxygens (including phenoxy) is 3. The number of carbonyl (C=O) groups is 3. The molecule has 6 heteroatoms. The van der Waals surface area contributed by atoms with E-state index in [0.717, 1.165) is 77.0 Å². The Morgan fingerprint density at radius 1 is 0.385 bits per heavy atom. The fourth-order valence-corrected chi connectivity index (χ4v) is 6.28. The summed E-state index contributed by atoms with van der Waals surface area (Å²) >= 11 is 0. The summed E-state index contributed by atoms with van der Waals surface area (Å²) in [6.07, 6.45) is 44.4. The van der Waals surface area contributed by atoms with Crippen molar-refractivity contribution in [1.82, 2.24) is 0 Å². The first-order valence-corrected chi connectivity index (χ1v) is 22.3. The van der Waals surface area contributed by atoms with Gasteiger partial charge in [0.25, 0.3) is 0 Å². The van der Waals surface area contributed by atoms with Crippen LogP contribution in [0.15, 0.2) is 24.3 Å². The Bertz CT molecular complexity index is 850. The van der Waals surface area contributed by atoms with Crippen LogP contribution in [-0.2, 0) is 28.6 Å². The average molecular weight is 733 g/mol. The topological polar surface area (TPSA) is 78.9 Å². The van der Waals surface area contributed by atoms with Crippen LogP contribution in [0.1, 0.15) is 233 Å². The number of esters is 3. The van der Waals surface area contributed by atoms with Crippen LogP contribution < -0.4 is 0 Å². The lowest BCUT2D eigenvalue weighted by Crippen LogP contribution is -2.30. The van der Waals surface area contributed by atoms with Gasteiger partial charge in [-0.3, -0.25) is 14.4 Å². The molecule has 0 aromatic heterocycles. The van der Waals surface area contributed by atoms with Gasteiger partial charge < -0.3 is 14.2 Å². The monoisotopic (exact) mass is 733 g/mol. The molecule has 1 atom stereocenters. The molecule has 0 N–H and O–H groups in total. The van der Waals surface area contributed by atoms with Gasteiger partial charge in [0.15, 0.2) is 6.10 Å². The molecule has 0 aliphatic rings. The SMILES string of the molecule is CCCC/C=C\C/C=C\CCCCCCCC(=O)OCC(COC(=O)CCCCCCCCCCCC)OC(=O)CCCCCCCCCCCC. The van der Waals surface area contributed by atoms with E-state index in [4.69, 9.17) is 14.2 Å². The van der Waals surface area contributed by atoms with E-state index >= 15 is 0 Å². The van der Waals surface area contributed by atoms with Gasteiger partial charge in [0.05, 0.1) is 0 Å². The van der Waals surface area contributed by atoms with Crippen molar-refractivity contribution in [2.24, 2.45) is 0 Å². The lowest BCUT2D eigenvalue weighted by Gasteiger charge is -2.18. The summed E-state index contributed by atoms with van der Waals surface area (Å²) in [5, 5.41) is 0. The molecule has 0 amide bonds. The summed E-state index contributed by atoms with van der Waals surface area (Å²) in [7, 11) is 0. The Labute approximate surface area is 322 Å². The van der Waals surface area contributed by atoms with Crippen LogP contribution in [0.4, 0.5) is 0 Å². The van der Waals surface area contributed by atoms with E-state index in [1.54, 1.807) is 0 Å². The van der Waals surface area contributed by atoms with E-state index in [1.165, 1.54) is 116 Å². The molecular formula is C46H84O6. The quantitative estimate of drug-likeness (QED) is 0.0270. The second-order valence-electron chi connectivity index (χ2n) is 15.0. The summed E-state index contributed by atoms with van der Waals surface area (Å²) in [4.78, 5) is 37.6. The molecule has 0 fully saturated rings. The van der Waals surface area contributed by atoms with Crippen LogP contribution in [-0.4, -0.2) is 37.2 Å². The molecule has 0 saturated carbocycles. The molecule has 0 aromatic rings. The molecular weight excluding hydrogens is 648 g/mol. The highest BCUT2D eigenvalue weighted by Gasteiger charge is 2.19. The second-order valence-corrected chi connectivity index (χ2v) is 15.0. The van der Waals surface area contributed by atoms with Crippen molar-refractivity contribution in [2.75, 3.05) is 13.2 Å². The Morgan fingerprint density at radius 2 is 0.712 bits per heavy atom. The highest BCUT2D eigenvalue weighted by molar-refractivity contribution is 5.71. The van der Waals surface area contributed by atoms with Gasteiger partial charge in [0.2, 0.25) is 0 Å². The van der Waals surface area contributed by atoms with Gasteiger partial charge in [0, 0.05) is 19.3 Å². The van der Waals surface area contributed by atoms with Gasteiger partial charge in [-0.15, -0.1) is 0 Å². The van der Waals surface area contributed by atoms with Crippen molar-refractivity contribution in [3.8, 4) is 0 Å². The van der Waals surface area contributed by atoms with Gasteiger partial charge in [0.1, 0.15) is 13.2 Å². The fourth-order valence-electron chi connectivity index (χ4n) is 6.28. The third kappa shape index (κ3) is 39.1. The smallest absolute Gasteiger partial charge is 0.306 e. The lowest BCUT2D eigenvalue weighted by molar-refractivity contribution is -0.167. The number of rotatable bonds is 40. The molecule has 0 heterocycles. The number of carbonyl (C=O) groups excluding carboxylic acids is 3. The van der Waals surface area contributed by atoms with Crippen molar-refractivity contribution in [1.29, 1.82) is 0 Å². The first-order valence-electron chi connectivity index (χ1n) is 22.3. The highest BCUT2D eigenvalue weighted by Crippen LogP contribution is 2.14. The van der Waals surface area contributed by atoms with E-state index < -0.39 is 6.10 Å². The molecule has 0 aliphatic carbocycles. The number of hydrogen-bond donors (Lipinski definition) is 0. The minimum Gasteiger partial charge on any atom is -0.462 e. The fraction of sp³-hybridized carbons (Fsp3) is 0.848. The van der Waals surface area contributed by atoms with E-state index in [-0.39, 0.29) is 31.1 Å². The van der Waals surface area contributed by atoms with Crippen LogP contribution in [0.2, 0.25) is 0 Å². The molecule has 0 spiro atoms. The van der Waals surface area contributed by atoms with Crippen LogP contribution in [0, 0.1) is 0 Å². The zero-order valence-corrected chi connectivity index (χ0v) is 34.6. The summed E-state index contributed by atoms with van der Waals surface area (Å²) < 4.78 is 16.7. The third-order valence-electron chi connectivity index (χ3n) is 9.71. The van der Waals surface area contributed by atoms with Gasteiger partial charge >= 0.3 is 17.9 Å². The van der Waals surface area contributed by atoms with Gasteiger partial charge in [-0.1, -0.05) is 193 Å². The van der Waals surface area contributed by atoms with Crippen LogP contribution in [0.5, 0.6) is 0 Å². The highest BCUT2D eigenvalue weighted by atomic mass is 16.6. The average Bonchev–Trinajstić information content (AvgIpc) is 3.14. The van der Waals surface area contributed by atoms with Gasteiger partial charge in [-0.2, -0.15) is 0 Å². The lowest BCUT2D eigenvalue weighted by atomic mass is 10.1. The number of unbranched alkanes of at least 4 members (excludes halogenated alkanes) is 25. The zero-order valence-electron chi connectivity index (χ0n) is 34.6. The molecule has 0 aromatic carbocycles. The standard InChI is InChI=1S/C46H84O6/c1-4-7-10-13-16-19-22-23-24-25-28-30-33-36-39-45(48)51-42-43(52-46(49)40-37-34-31-27-21-18-15-12-9-6-3)41-50-44(47)38-35-32-29-26-20-17-14-11-8-5-2/h13,16,22-23,43H,4-12,14-15,17-21,24-42H2,1-3H3/b16-13-,23-22-. The molecule has 1 unspecified atom stereocenters. The molecule has 6 nitrogen and oxygen atoms in total. The Kier molecular flexibility index (Phi) is 40.0. The first-order chi connectivity index (χ1) is 25.5. The summed E-state index contributed by atoms with van der Waals surface area (Å²) in [5.41, 5.74) is 0. The zero-order chi connectivity index (χ0) is 38.0. The van der Waals surface area contributed by atoms with Gasteiger partial charge in [-0.25, -0.2) is 0 Å². The summed E-state index contributed by atoms with van der Waals surface area (Å²) in [6, 6.07) is 0. The van der Waals surface area contributed by atoms with Gasteiger partial charge in [-0.05, 0) is 44.9 Å². The molecule has 0 radical (unpaired) electrons. The van der Waals surface area contributed by atoms with Crippen molar-refractivity contribution < 1.29 is 28.6 Å². The first kappa shape index (κ1) is 49.9. The maximum atomic E-state index is 12.7. The van der Waals surface area contributed by atoms with E-state index in [2.05, 4.69) is 45.1 Å². The minimum atomic E-state index is -0.767. The number of allylic oxidation sites excluding steroid dienone is 4. The summed E-state index contributed by atoms with van der Waals surface area (Å²) in [6.45, 7) is 6.56. The van der Waals surface area contributed by atoms with E-state index in [1.807, 2.05) is 0 Å². The molecule has 0 bridgehead atoms. The van der Waals surface area contributed by atoms with Crippen molar-refractivity contribution in [3.63, 3.8) is 0 Å². The summed E-state index contributed by atoms with van der Waals surface area (Å²) in [5.74, 6) is -0.886. The third-order valence-corrected chi connectivity index (χ3v) is 9.71. The van der Waals surface area contributed by atoms with Crippen molar-refractivity contribution in [3.05, 3.63) is 24.3 Å². The van der Waals surface area contributed by atoms with E-state index in [9.17, 15) is 14.4 Å². The minimum absolute atomic E-state index is 0.0722. The van der Waals surface area contributed by atoms with Crippen LogP contribution in [0.3, 0.4) is 0 Å². The number of hydrogen-bond acceptors (Lipinski definition) is 6. The van der Waals surface area contributed by atoms with Crippen LogP contribution >= 0.6 is 0 Å². The normalized spacial score (nSPS) is 12.1. The van der Waals surface area contributed by atoms with Crippen LogP contribution in [0.25, 0.3) is 0 Å². The molecule has 0 rings (SSSR count). The maximum Gasteiger partial charge on any atom is 0.306 e. The van der Waals surface area contributed by atoms with Crippen molar-refractivity contribution in [2.45, 2.75) is 239 Å². The largest absolute Gasteiger partial charge is 0.462 e. The molecule has 0 saturated heterocycles. The molecule has 0 aliphatic heterocycles. The van der Waals surface area contributed by atoms with E-state index in [0.29, 0.717) is 19.3 Å². The second kappa shape index (κ2) is 41.6. The molecule has 304 valence electrons. The Hall–Kier alpha value is -2.11. The predicted octanol–water partition coefficient (Wildman–Crippen LogP) is 14.0. The van der Waals surface area contributed by atoms with Crippen molar-refractivity contribution >= 4 is 17.9 Å². The Balaban J connectivity index is 4.35.